The zero-order valence-electron chi connectivity index (χ0n) is 19.6. The van der Waals surface area contributed by atoms with Gasteiger partial charge >= 0.3 is 0 Å². The summed E-state index contributed by atoms with van der Waals surface area (Å²) in [4.78, 5) is 35.7. The number of halogens is 1. The fourth-order valence-corrected chi connectivity index (χ4v) is 4.67. The quantitative estimate of drug-likeness (QED) is 0.414. The van der Waals surface area contributed by atoms with Crippen LogP contribution < -0.4 is 15.5 Å². The third-order valence-corrected chi connectivity index (χ3v) is 6.47. The summed E-state index contributed by atoms with van der Waals surface area (Å²) in [5.74, 6) is 0.288. The lowest BCUT2D eigenvalue weighted by Crippen LogP contribution is -2.53. The number of pyridine rings is 2. The van der Waals surface area contributed by atoms with Gasteiger partial charge in [0.2, 0.25) is 5.91 Å². The third kappa shape index (κ3) is 4.91. The monoisotopic (exact) mass is 504 g/mol. The van der Waals surface area contributed by atoms with Gasteiger partial charge in [-0.25, -0.2) is 9.97 Å². The lowest BCUT2D eigenvalue weighted by molar-refractivity contribution is -0.119. The van der Waals surface area contributed by atoms with Crippen molar-refractivity contribution in [3.8, 4) is 5.69 Å². The molecule has 10 nitrogen and oxygen atoms in total. The van der Waals surface area contributed by atoms with Gasteiger partial charge in [0.05, 0.1) is 16.8 Å². The second-order valence-corrected chi connectivity index (χ2v) is 9.14. The number of hydrogen-bond donors (Lipinski definition) is 2. The second-order valence-electron chi connectivity index (χ2n) is 8.73. The van der Waals surface area contributed by atoms with E-state index >= 15 is 0 Å². The Balaban J connectivity index is 1.44. The predicted octanol–water partition coefficient (Wildman–Crippen LogP) is 2.62. The fourth-order valence-electron chi connectivity index (χ4n) is 4.46. The SMILES string of the molecule is CC(=O)NC[C@H]1CNC[C@H](N(C(=O)c2ccc(-n3nnc4cccnc43)cc2)c2ncccc2Cl)C1. The van der Waals surface area contributed by atoms with E-state index in [1.807, 2.05) is 18.2 Å². The average molecular weight is 505 g/mol. The highest BCUT2D eigenvalue weighted by Crippen LogP contribution is 2.29. The molecule has 0 aliphatic carbocycles. The summed E-state index contributed by atoms with van der Waals surface area (Å²) in [5, 5.41) is 15.0. The Morgan fingerprint density at radius 2 is 1.89 bits per heavy atom. The average Bonchev–Trinajstić information content (AvgIpc) is 3.33. The van der Waals surface area contributed by atoms with Gasteiger partial charge in [-0.15, -0.1) is 5.10 Å². The number of fused-ring (bicyclic) bond motifs is 1. The Bertz CT molecular complexity index is 1390. The Morgan fingerprint density at radius 1 is 1.11 bits per heavy atom. The molecule has 184 valence electrons. The highest BCUT2D eigenvalue weighted by atomic mass is 35.5. The number of piperidine rings is 1. The first-order chi connectivity index (χ1) is 17.5. The van der Waals surface area contributed by atoms with Crippen molar-refractivity contribution < 1.29 is 9.59 Å². The zero-order valence-corrected chi connectivity index (χ0v) is 20.4. The minimum Gasteiger partial charge on any atom is -0.356 e. The third-order valence-electron chi connectivity index (χ3n) is 6.18. The van der Waals surface area contributed by atoms with Gasteiger partial charge < -0.3 is 10.6 Å². The lowest BCUT2D eigenvalue weighted by Gasteiger charge is -2.37. The molecule has 2 N–H and O–H groups in total. The molecular weight excluding hydrogens is 480 g/mol. The minimum atomic E-state index is -0.212. The topological polar surface area (TPSA) is 118 Å². The maximum absolute atomic E-state index is 13.9. The molecule has 4 aromatic rings. The molecular formula is C25H25ClN8O2. The number of aromatic nitrogens is 5. The van der Waals surface area contributed by atoms with Crippen molar-refractivity contribution in [3.05, 3.63) is 71.5 Å². The van der Waals surface area contributed by atoms with Gasteiger partial charge in [0.15, 0.2) is 11.5 Å². The van der Waals surface area contributed by atoms with Gasteiger partial charge in [0.25, 0.3) is 5.91 Å². The van der Waals surface area contributed by atoms with Crippen molar-refractivity contribution in [2.75, 3.05) is 24.5 Å². The summed E-state index contributed by atoms with van der Waals surface area (Å²) >= 11 is 6.50. The van der Waals surface area contributed by atoms with Crippen molar-refractivity contribution in [2.45, 2.75) is 19.4 Å². The molecule has 1 aliphatic rings. The fraction of sp³-hybridized carbons (Fsp3) is 0.280. The number of benzene rings is 1. The first-order valence-electron chi connectivity index (χ1n) is 11.7. The number of rotatable bonds is 6. The maximum Gasteiger partial charge on any atom is 0.259 e. The molecule has 2 atom stereocenters. The minimum absolute atomic E-state index is 0.0757. The van der Waals surface area contributed by atoms with Crippen LogP contribution in [-0.2, 0) is 4.79 Å². The molecule has 5 rings (SSSR count). The summed E-state index contributed by atoms with van der Waals surface area (Å²) in [5.41, 5.74) is 2.55. The molecule has 0 unspecified atom stereocenters. The highest BCUT2D eigenvalue weighted by Gasteiger charge is 2.33. The number of nitrogens with one attached hydrogen (secondary N) is 2. The van der Waals surface area contributed by atoms with E-state index < -0.39 is 0 Å². The molecule has 0 spiro atoms. The summed E-state index contributed by atoms with van der Waals surface area (Å²) < 4.78 is 1.63. The number of carbonyl (C=O) groups excluding carboxylic acids is 2. The van der Waals surface area contributed by atoms with Crippen LogP contribution in [-0.4, -0.2) is 62.5 Å². The number of anilines is 1. The van der Waals surface area contributed by atoms with E-state index in [0.717, 1.165) is 12.2 Å². The molecule has 11 heteroatoms. The van der Waals surface area contributed by atoms with Gasteiger partial charge in [0.1, 0.15) is 5.52 Å². The molecule has 3 aromatic heterocycles. The van der Waals surface area contributed by atoms with Gasteiger partial charge in [-0.1, -0.05) is 16.8 Å². The van der Waals surface area contributed by atoms with Crippen LogP contribution in [0.2, 0.25) is 5.02 Å². The van der Waals surface area contributed by atoms with Crippen molar-refractivity contribution in [1.82, 2.24) is 35.6 Å². The molecule has 0 radical (unpaired) electrons. The standard InChI is InChI=1S/C25H25ClN8O2/c1-16(35)30-14-17-12-20(15-27-13-17)33(23-21(26)4-2-10-28-23)25(36)18-6-8-19(9-7-18)34-24-22(31-32-34)5-3-11-29-24/h2-11,17,20,27H,12-15H2,1H3,(H,30,35)/t17-,20-/m1/s1. The first-order valence-corrected chi connectivity index (χ1v) is 12.0. The normalized spacial score (nSPS) is 17.6. The first kappa shape index (κ1) is 23.8. The molecule has 0 saturated carbocycles. The largest absolute Gasteiger partial charge is 0.356 e. The van der Waals surface area contributed by atoms with Crippen molar-refractivity contribution in [3.63, 3.8) is 0 Å². The van der Waals surface area contributed by atoms with Crippen molar-refractivity contribution in [1.29, 1.82) is 0 Å². The zero-order chi connectivity index (χ0) is 25.1. The second kappa shape index (κ2) is 10.4. The molecule has 1 saturated heterocycles. The molecule has 0 bridgehead atoms. The molecule has 1 aromatic carbocycles. The summed E-state index contributed by atoms with van der Waals surface area (Å²) in [6.07, 6.45) is 4.01. The van der Waals surface area contributed by atoms with E-state index in [4.69, 9.17) is 11.6 Å². The summed E-state index contributed by atoms with van der Waals surface area (Å²) in [6.45, 7) is 3.37. The Hall–Kier alpha value is -3.89. The molecule has 1 aliphatic heterocycles. The van der Waals surface area contributed by atoms with Gasteiger partial charge in [-0.2, -0.15) is 4.68 Å². The van der Waals surface area contributed by atoms with E-state index in [-0.39, 0.29) is 23.8 Å². The smallest absolute Gasteiger partial charge is 0.259 e. The van der Waals surface area contributed by atoms with Crippen LogP contribution in [0.3, 0.4) is 0 Å². The molecule has 2 amide bonds. The summed E-state index contributed by atoms with van der Waals surface area (Å²) in [6, 6.07) is 14.0. The molecule has 1 fully saturated rings. The number of carbonyl (C=O) groups is 2. The Morgan fingerprint density at radius 3 is 2.67 bits per heavy atom. The van der Waals surface area contributed by atoms with Gasteiger partial charge in [-0.05, 0) is 67.4 Å². The maximum atomic E-state index is 13.9. The van der Waals surface area contributed by atoms with Crippen LogP contribution in [0.1, 0.15) is 23.7 Å². The molecule has 4 heterocycles. The predicted molar refractivity (Wildman–Crippen MR) is 136 cm³/mol. The van der Waals surface area contributed by atoms with Crippen molar-refractivity contribution in [2.24, 2.45) is 5.92 Å². The van der Waals surface area contributed by atoms with Crippen LogP contribution in [0.25, 0.3) is 16.9 Å². The van der Waals surface area contributed by atoms with Crippen LogP contribution in [0.5, 0.6) is 0 Å². The number of amides is 2. The lowest BCUT2D eigenvalue weighted by atomic mass is 9.94. The Kier molecular flexibility index (Phi) is 6.88. The summed E-state index contributed by atoms with van der Waals surface area (Å²) in [7, 11) is 0. The van der Waals surface area contributed by atoms with E-state index in [9.17, 15) is 9.59 Å². The Labute approximate surface area is 212 Å². The van der Waals surface area contributed by atoms with Crippen LogP contribution in [0, 0.1) is 5.92 Å². The van der Waals surface area contributed by atoms with Crippen LogP contribution in [0.15, 0.2) is 60.9 Å². The van der Waals surface area contributed by atoms with E-state index in [1.165, 1.54) is 6.92 Å². The van der Waals surface area contributed by atoms with E-state index in [2.05, 4.69) is 30.9 Å². The van der Waals surface area contributed by atoms with E-state index in [0.29, 0.717) is 47.1 Å². The van der Waals surface area contributed by atoms with Crippen molar-refractivity contribution >= 4 is 40.4 Å². The highest BCUT2D eigenvalue weighted by molar-refractivity contribution is 6.33. The van der Waals surface area contributed by atoms with Crippen LogP contribution >= 0.6 is 11.6 Å². The van der Waals surface area contributed by atoms with E-state index in [1.54, 1.807) is 52.3 Å². The number of hydrogen-bond acceptors (Lipinski definition) is 7. The molecule has 36 heavy (non-hydrogen) atoms. The number of nitrogens with zero attached hydrogens (tertiary/aromatic N) is 6. The van der Waals surface area contributed by atoms with Crippen LogP contribution in [0.4, 0.5) is 5.82 Å². The van der Waals surface area contributed by atoms with Gasteiger partial charge in [-0.3, -0.25) is 14.5 Å². The van der Waals surface area contributed by atoms with Gasteiger partial charge in [0, 0.05) is 38.0 Å².